The molecule has 3 heteroatoms. The fourth-order valence-corrected chi connectivity index (χ4v) is 5.07. The monoisotopic (exact) mass is 520 g/mol. The molecule has 210 valence electrons. The second-order valence-corrected chi connectivity index (χ2v) is 11.2. The molecule has 1 aliphatic rings. The van der Waals surface area contributed by atoms with Gasteiger partial charge in [-0.05, 0) is 54.9 Å². The van der Waals surface area contributed by atoms with Crippen LogP contribution in [-0.2, 0) is 9.47 Å². The van der Waals surface area contributed by atoms with E-state index in [9.17, 15) is 0 Å². The summed E-state index contributed by atoms with van der Waals surface area (Å²) in [7, 11) is 0. The Kier molecular flexibility index (Phi) is 14.6. The van der Waals surface area contributed by atoms with Gasteiger partial charge in [0.15, 0.2) is 6.29 Å². The molecule has 0 aliphatic carbocycles. The molecule has 1 heterocycles. The van der Waals surface area contributed by atoms with Gasteiger partial charge in [-0.2, -0.15) is 0 Å². The van der Waals surface area contributed by atoms with Gasteiger partial charge in [-0.3, -0.25) is 0 Å². The lowest BCUT2D eigenvalue weighted by molar-refractivity contribution is -0.206. The summed E-state index contributed by atoms with van der Waals surface area (Å²) < 4.78 is 18.1. The summed E-state index contributed by atoms with van der Waals surface area (Å²) in [4.78, 5) is 0. The zero-order chi connectivity index (χ0) is 26.8. The van der Waals surface area contributed by atoms with Crippen LogP contribution in [0.1, 0.15) is 109 Å². The van der Waals surface area contributed by atoms with Gasteiger partial charge in [-0.25, -0.2) is 0 Å². The summed E-state index contributed by atoms with van der Waals surface area (Å²) in [5.74, 6) is 2.33. The second kappa shape index (κ2) is 18.2. The highest BCUT2D eigenvalue weighted by Gasteiger charge is 2.23. The fourth-order valence-electron chi connectivity index (χ4n) is 5.07. The molecule has 0 N–H and O–H groups in total. The van der Waals surface area contributed by atoms with Crippen molar-refractivity contribution >= 4 is 0 Å². The van der Waals surface area contributed by atoms with E-state index < -0.39 is 0 Å². The molecule has 2 aromatic rings. The molecule has 2 aromatic carbocycles. The molecule has 0 bridgehead atoms. The lowest BCUT2D eigenvalue weighted by Crippen LogP contribution is -2.27. The lowest BCUT2D eigenvalue weighted by atomic mass is 10.00. The number of hydrogen-bond acceptors (Lipinski definition) is 3. The first-order valence-corrected chi connectivity index (χ1v) is 15.4. The normalized spacial score (nSPS) is 18.3. The van der Waals surface area contributed by atoms with Gasteiger partial charge in [0, 0.05) is 11.5 Å². The van der Waals surface area contributed by atoms with Crippen LogP contribution in [0.15, 0.2) is 61.2 Å². The van der Waals surface area contributed by atoms with Crippen molar-refractivity contribution in [1.82, 2.24) is 0 Å². The summed E-state index contributed by atoms with van der Waals surface area (Å²) >= 11 is 0. The number of unbranched alkanes of at least 4 members (excludes halogenated alkanes) is 8. The number of hydrogen-bond donors (Lipinski definition) is 0. The second-order valence-electron chi connectivity index (χ2n) is 11.2. The average molecular weight is 521 g/mol. The molecule has 3 nitrogen and oxygen atoms in total. The Balaban J connectivity index is 1.31. The van der Waals surface area contributed by atoms with Crippen LogP contribution in [-0.4, -0.2) is 19.8 Å². The van der Waals surface area contributed by atoms with E-state index in [4.69, 9.17) is 14.2 Å². The molecule has 1 aliphatic heterocycles. The zero-order valence-electron chi connectivity index (χ0n) is 24.2. The summed E-state index contributed by atoms with van der Waals surface area (Å²) in [5.41, 5.74) is 3.49. The molecular formula is C35H52O3. The molecule has 0 spiro atoms. The van der Waals surface area contributed by atoms with E-state index in [1.54, 1.807) is 0 Å². The van der Waals surface area contributed by atoms with Gasteiger partial charge in [0.1, 0.15) is 5.75 Å². The largest absolute Gasteiger partial charge is 0.494 e. The smallest absolute Gasteiger partial charge is 0.183 e. The Bertz CT molecular complexity index is 865. The summed E-state index contributed by atoms with van der Waals surface area (Å²) in [5, 5.41) is 0. The van der Waals surface area contributed by atoms with Gasteiger partial charge in [0.05, 0.1) is 19.8 Å². The van der Waals surface area contributed by atoms with Gasteiger partial charge in [-0.15, -0.1) is 6.58 Å². The van der Waals surface area contributed by atoms with Crippen LogP contribution < -0.4 is 4.74 Å². The molecule has 1 saturated heterocycles. The van der Waals surface area contributed by atoms with Gasteiger partial charge in [-0.1, -0.05) is 114 Å². The van der Waals surface area contributed by atoms with E-state index in [1.807, 2.05) is 6.08 Å². The number of benzene rings is 2. The summed E-state index contributed by atoms with van der Waals surface area (Å²) in [6.45, 7) is 10.8. The van der Waals surface area contributed by atoms with Crippen molar-refractivity contribution in [3.8, 4) is 16.9 Å². The highest BCUT2D eigenvalue weighted by Crippen LogP contribution is 2.30. The van der Waals surface area contributed by atoms with Crippen molar-refractivity contribution in [2.24, 2.45) is 11.8 Å². The molecule has 0 radical (unpaired) electrons. The van der Waals surface area contributed by atoms with Crippen molar-refractivity contribution in [1.29, 1.82) is 0 Å². The third-order valence-corrected chi connectivity index (χ3v) is 7.91. The maximum absolute atomic E-state index is 6.09. The molecule has 1 atom stereocenters. The highest BCUT2D eigenvalue weighted by atomic mass is 16.7. The number of rotatable bonds is 19. The van der Waals surface area contributed by atoms with Gasteiger partial charge in [0.25, 0.3) is 0 Å². The molecule has 0 saturated carbocycles. The topological polar surface area (TPSA) is 27.7 Å². The first kappa shape index (κ1) is 30.4. The van der Waals surface area contributed by atoms with Crippen molar-refractivity contribution < 1.29 is 14.2 Å². The van der Waals surface area contributed by atoms with Gasteiger partial charge < -0.3 is 14.2 Å². The minimum atomic E-state index is -0.244. The molecule has 0 amide bonds. The minimum Gasteiger partial charge on any atom is -0.494 e. The van der Waals surface area contributed by atoms with Crippen molar-refractivity contribution in [3.63, 3.8) is 0 Å². The van der Waals surface area contributed by atoms with E-state index in [2.05, 4.69) is 69.0 Å². The first-order chi connectivity index (χ1) is 18.7. The maximum atomic E-state index is 6.09. The van der Waals surface area contributed by atoms with E-state index in [-0.39, 0.29) is 6.29 Å². The standard InChI is InChI=1S/C35H52O3/c1-4-6-7-8-9-10-11-14-17-30-27-37-35(38-28-30)33-20-18-31(19-21-33)32-22-24-34(25-23-32)36-26-15-12-13-16-29(3)5-2/h4,18-25,29-30,35H,1,5-17,26-28H2,2-3H3/t29-,30-,35-/m0/s1. The van der Waals surface area contributed by atoms with Crippen LogP contribution in [0, 0.1) is 11.8 Å². The summed E-state index contributed by atoms with van der Waals surface area (Å²) in [6.07, 6.45) is 18.4. The fraction of sp³-hybridized carbons (Fsp3) is 0.600. The molecule has 1 fully saturated rings. The molecular weight excluding hydrogens is 468 g/mol. The van der Waals surface area contributed by atoms with Gasteiger partial charge in [0.2, 0.25) is 0 Å². The van der Waals surface area contributed by atoms with E-state index in [0.29, 0.717) is 5.92 Å². The minimum absolute atomic E-state index is 0.244. The Labute approximate surface area is 233 Å². The third-order valence-electron chi connectivity index (χ3n) is 7.91. The Morgan fingerprint density at radius 2 is 1.42 bits per heavy atom. The molecule has 3 rings (SSSR count). The van der Waals surface area contributed by atoms with Crippen LogP contribution in [0.3, 0.4) is 0 Å². The van der Waals surface area contributed by atoms with E-state index >= 15 is 0 Å². The molecule has 0 aromatic heterocycles. The SMILES string of the molecule is C=CCCCCCCCC[C@H]1CO[C@H](c2ccc(-c3ccc(OCCCCC[C@@H](C)CC)cc3)cc2)OC1. The molecule has 0 unspecified atom stereocenters. The summed E-state index contributed by atoms with van der Waals surface area (Å²) in [6, 6.07) is 17.1. The average Bonchev–Trinajstić information content (AvgIpc) is 2.97. The van der Waals surface area contributed by atoms with Crippen LogP contribution in [0.2, 0.25) is 0 Å². The zero-order valence-corrected chi connectivity index (χ0v) is 24.2. The Morgan fingerprint density at radius 3 is 2.08 bits per heavy atom. The van der Waals surface area contributed by atoms with Crippen LogP contribution >= 0.6 is 0 Å². The van der Waals surface area contributed by atoms with Gasteiger partial charge >= 0.3 is 0 Å². The number of allylic oxidation sites excluding steroid dienone is 1. The predicted molar refractivity (Wildman–Crippen MR) is 161 cm³/mol. The van der Waals surface area contributed by atoms with Crippen LogP contribution in [0.5, 0.6) is 5.75 Å². The van der Waals surface area contributed by atoms with Crippen molar-refractivity contribution in [2.45, 2.75) is 104 Å². The Morgan fingerprint density at radius 1 is 0.816 bits per heavy atom. The van der Waals surface area contributed by atoms with E-state index in [0.717, 1.165) is 49.9 Å². The third kappa shape index (κ3) is 11.3. The quantitative estimate of drug-likeness (QED) is 0.136. The van der Waals surface area contributed by atoms with Crippen molar-refractivity contribution in [3.05, 3.63) is 66.7 Å². The first-order valence-electron chi connectivity index (χ1n) is 15.4. The van der Waals surface area contributed by atoms with E-state index in [1.165, 1.54) is 81.8 Å². The van der Waals surface area contributed by atoms with Crippen molar-refractivity contribution in [2.75, 3.05) is 19.8 Å². The Hall–Kier alpha value is -2.10. The number of ether oxygens (including phenoxy) is 3. The van der Waals surface area contributed by atoms with Crippen LogP contribution in [0.4, 0.5) is 0 Å². The lowest BCUT2D eigenvalue weighted by Gasteiger charge is -2.29. The highest BCUT2D eigenvalue weighted by molar-refractivity contribution is 5.64. The predicted octanol–water partition coefficient (Wildman–Crippen LogP) is 10.3. The van der Waals surface area contributed by atoms with Crippen LogP contribution in [0.25, 0.3) is 11.1 Å². The maximum Gasteiger partial charge on any atom is 0.183 e. The molecule has 38 heavy (non-hydrogen) atoms.